The van der Waals surface area contributed by atoms with E-state index in [-0.39, 0.29) is 18.9 Å². The minimum Gasteiger partial charge on any atom is -0.481 e. The predicted molar refractivity (Wildman–Crippen MR) is 41.0 cm³/mol. The fraction of sp³-hybridized carbons (Fsp3) is 0.500. The molecule has 0 rings (SSSR count). The van der Waals surface area contributed by atoms with Gasteiger partial charge in [-0.05, 0) is 0 Å². The predicted octanol–water partition coefficient (Wildman–Crippen LogP) is -1.58. The number of hydrogen-bond acceptors (Lipinski definition) is 4. The number of carboxylic acids is 2. The summed E-state index contributed by atoms with van der Waals surface area (Å²) in [6.45, 7) is 0. The van der Waals surface area contributed by atoms with Crippen LogP contribution in [0.25, 0.3) is 0 Å². The third kappa shape index (κ3) is 5.65. The molecule has 0 aromatic heterocycles. The van der Waals surface area contributed by atoms with Crippen LogP contribution in [0.3, 0.4) is 0 Å². The molecule has 0 spiro atoms. The average Bonchev–Trinajstić information content (AvgIpc) is 1.79. The van der Waals surface area contributed by atoms with Crippen LogP contribution in [0.4, 0.5) is 0 Å². The zero-order chi connectivity index (χ0) is 9.94. The molecule has 7 nitrogen and oxygen atoms in total. The van der Waals surface area contributed by atoms with E-state index in [9.17, 15) is 18.0 Å². The molecule has 0 aromatic carbocycles. The van der Waals surface area contributed by atoms with E-state index in [2.05, 4.69) is 0 Å². The summed E-state index contributed by atoms with van der Waals surface area (Å²) in [5.41, 5.74) is 0. The molecule has 13 heavy (non-hydrogen) atoms. The number of aliphatic carboxylic acids is 2. The molecular weight excluding hydrogens is 199 g/mol. The SMILES string of the molecule is O=C(O)CC(C(=O)O)S(=O)(=O)O.[Li]. The van der Waals surface area contributed by atoms with Crippen molar-refractivity contribution in [3.63, 3.8) is 0 Å². The summed E-state index contributed by atoms with van der Waals surface area (Å²) < 4.78 is 28.7. The van der Waals surface area contributed by atoms with Crippen molar-refractivity contribution in [2.24, 2.45) is 0 Å². The van der Waals surface area contributed by atoms with E-state index in [4.69, 9.17) is 14.8 Å². The van der Waals surface area contributed by atoms with E-state index in [1.54, 1.807) is 0 Å². The van der Waals surface area contributed by atoms with Crippen molar-refractivity contribution in [3.8, 4) is 0 Å². The molecule has 0 aliphatic rings. The third-order valence-electron chi connectivity index (χ3n) is 0.995. The first-order chi connectivity index (χ1) is 5.25. The Hall–Kier alpha value is -0.553. The topological polar surface area (TPSA) is 129 Å². The van der Waals surface area contributed by atoms with Crippen molar-refractivity contribution in [1.29, 1.82) is 0 Å². The van der Waals surface area contributed by atoms with Gasteiger partial charge in [0.2, 0.25) is 0 Å². The van der Waals surface area contributed by atoms with Gasteiger partial charge in [0.25, 0.3) is 10.1 Å². The monoisotopic (exact) mass is 205 g/mol. The molecule has 0 aliphatic heterocycles. The van der Waals surface area contributed by atoms with Gasteiger partial charge in [0.15, 0.2) is 5.25 Å². The van der Waals surface area contributed by atoms with Crippen LogP contribution in [0.5, 0.6) is 0 Å². The first-order valence-corrected chi connectivity index (χ1v) is 4.16. The Morgan fingerprint density at radius 1 is 1.23 bits per heavy atom. The zero-order valence-electron chi connectivity index (χ0n) is 6.67. The maximum Gasteiger partial charge on any atom is 0.325 e. The molecule has 1 radical (unpaired) electrons. The molecule has 71 valence electrons. The molecule has 0 amide bonds. The van der Waals surface area contributed by atoms with E-state index in [0.717, 1.165) is 0 Å². The minimum atomic E-state index is -4.84. The van der Waals surface area contributed by atoms with Crippen LogP contribution in [0.15, 0.2) is 0 Å². The Balaban J connectivity index is 0. The Morgan fingerprint density at radius 2 is 1.62 bits per heavy atom. The number of carbonyl (C=O) groups is 2. The summed E-state index contributed by atoms with van der Waals surface area (Å²) in [4.78, 5) is 20.0. The van der Waals surface area contributed by atoms with Gasteiger partial charge in [-0.2, -0.15) is 8.42 Å². The van der Waals surface area contributed by atoms with Crippen molar-refractivity contribution < 1.29 is 32.8 Å². The Morgan fingerprint density at radius 3 is 1.69 bits per heavy atom. The van der Waals surface area contributed by atoms with Crippen molar-refractivity contribution >= 4 is 40.9 Å². The minimum absolute atomic E-state index is 0. The summed E-state index contributed by atoms with van der Waals surface area (Å²) in [7, 11) is -4.84. The van der Waals surface area contributed by atoms with E-state index in [1.807, 2.05) is 0 Å². The Kier molecular flexibility index (Phi) is 6.02. The number of rotatable bonds is 4. The fourth-order valence-corrected chi connectivity index (χ4v) is 1.09. The van der Waals surface area contributed by atoms with Gasteiger partial charge in [0, 0.05) is 18.9 Å². The van der Waals surface area contributed by atoms with Gasteiger partial charge >= 0.3 is 11.9 Å². The van der Waals surface area contributed by atoms with Crippen molar-refractivity contribution in [2.75, 3.05) is 0 Å². The standard InChI is InChI=1S/C4H6O7S.Li/c5-3(6)1-2(4(7)8)12(9,10)11;/h2H,1H2,(H,5,6)(H,7,8)(H,9,10,11);. The molecule has 0 bridgehead atoms. The molecule has 0 saturated carbocycles. The van der Waals surface area contributed by atoms with Crippen molar-refractivity contribution in [3.05, 3.63) is 0 Å². The van der Waals surface area contributed by atoms with Crippen LogP contribution in [0.1, 0.15) is 6.42 Å². The molecule has 0 heterocycles. The van der Waals surface area contributed by atoms with E-state index in [0.29, 0.717) is 0 Å². The second-order valence-electron chi connectivity index (χ2n) is 1.94. The third-order valence-corrected chi connectivity index (χ3v) is 2.08. The normalized spacial score (nSPS) is 12.7. The van der Waals surface area contributed by atoms with Gasteiger partial charge in [-0.25, -0.2) is 0 Å². The molecule has 0 aromatic rings. The second kappa shape index (κ2) is 5.24. The van der Waals surface area contributed by atoms with Crippen LogP contribution >= 0.6 is 0 Å². The largest absolute Gasteiger partial charge is 0.481 e. The van der Waals surface area contributed by atoms with Gasteiger partial charge < -0.3 is 10.2 Å². The quantitative estimate of drug-likeness (QED) is 0.373. The molecule has 9 heteroatoms. The van der Waals surface area contributed by atoms with Gasteiger partial charge in [0.1, 0.15) is 0 Å². The van der Waals surface area contributed by atoms with Gasteiger partial charge in [-0.3, -0.25) is 14.1 Å². The summed E-state index contributed by atoms with van der Waals surface area (Å²) in [6.07, 6.45) is -1.16. The van der Waals surface area contributed by atoms with E-state index in [1.165, 1.54) is 0 Å². The van der Waals surface area contributed by atoms with Crippen LogP contribution in [0, 0.1) is 0 Å². The van der Waals surface area contributed by atoms with Gasteiger partial charge in [-0.1, -0.05) is 0 Å². The zero-order valence-corrected chi connectivity index (χ0v) is 7.48. The average molecular weight is 205 g/mol. The first-order valence-electron chi connectivity index (χ1n) is 2.66. The smallest absolute Gasteiger partial charge is 0.325 e. The summed E-state index contributed by atoms with van der Waals surface area (Å²) >= 11 is 0. The van der Waals surface area contributed by atoms with Crippen LogP contribution < -0.4 is 0 Å². The van der Waals surface area contributed by atoms with Crippen LogP contribution in [0.2, 0.25) is 0 Å². The summed E-state index contributed by atoms with van der Waals surface area (Å²) in [5, 5.41) is 13.9. The maximum atomic E-state index is 10.2. The van der Waals surface area contributed by atoms with Gasteiger partial charge in [0.05, 0.1) is 6.42 Å². The number of carboxylic acid groups (broad SMARTS) is 2. The molecule has 1 atom stereocenters. The van der Waals surface area contributed by atoms with Crippen molar-refractivity contribution in [2.45, 2.75) is 11.7 Å². The molecule has 0 fully saturated rings. The Bertz CT molecular complexity index is 294. The fourth-order valence-electron chi connectivity index (χ4n) is 0.479. The first kappa shape index (κ1) is 14.9. The molecular formula is C4H6LiO7S. The second-order valence-corrected chi connectivity index (χ2v) is 3.54. The molecule has 1 unspecified atom stereocenters. The van der Waals surface area contributed by atoms with Crippen molar-refractivity contribution in [1.82, 2.24) is 0 Å². The van der Waals surface area contributed by atoms with E-state index < -0.39 is 33.7 Å². The van der Waals surface area contributed by atoms with Gasteiger partial charge in [-0.15, -0.1) is 0 Å². The molecule has 3 N–H and O–H groups in total. The van der Waals surface area contributed by atoms with Crippen LogP contribution in [-0.2, 0) is 19.7 Å². The summed E-state index contributed by atoms with van der Waals surface area (Å²) in [5.74, 6) is -3.50. The molecule has 0 aliphatic carbocycles. The molecule has 0 saturated heterocycles. The maximum absolute atomic E-state index is 10.2. The van der Waals surface area contributed by atoms with Crippen LogP contribution in [-0.4, -0.2) is 59.2 Å². The summed E-state index contributed by atoms with van der Waals surface area (Å²) in [6, 6.07) is 0. The van der Waals surface area contributed by atoms with E-state index >= 15 is 0 Å². The number of hydrogen-bond donors (Lipinski definition) is 3. The Labute approximate surface area is 85.7 Å².